The van der Waals surface area contributed by atoms with Crippen LogP contribution < -0.4 is 5.32 Å². The van der Waals surface area contributed by atoms with Gasteiger partial charge in [0.2, 0.25) is 0 Å². The second kappa shape index (κ2) is 6.58. The van der Waals surface area contributed by atoms with Gasteiger partial charge in [-0.1, -0.05) is 33.1 Å². The molecule has 3 heteroatoms. The van der Waals surface area contributed by atoms with Crippen molar-refractivity contribution in [2.24, 2.45) is 5.92 Å². The lowest BCUT2D eigenvalue weighted by Crippen LogP contribution is -2.67. The average molecular weight is 299 g/mol. The molecule has 20 heavy (non-hydrogen) atoms. The lowest BCUT2D eigenvalue weighted by atomic mass is 9.78. The van der Waals surface area contributed by atoms with Crippen molar-refractivity contribution in [1.82, 2.24) is 10.2 Å². The van der Waals surface area contributed by atoms with Gasteiger partial charge in [0.05, 0.1) is 0 Å². The Bertz CT molecular complexity index is 308. The second-order valence-electron chi connectivity index (χ2n) is 7.90. The molecule has 1 spiro atoms. The summed E-state index contributed by atoms with van der Waals surface area (Å²) in [5, 5.41) is 3.95. The van der Waals surface area contributed by atoms with Gasteiger partial charge in [-0.05, 0) is 38.9 Å². The monoisotopic (exact) mass is 298 g/mol. The van der Waals surface area contributed by atoms with Gasteiger partial charge >= 0.3 is 0 Å². The van der Waals surface area contributed by atoms with E-state index in [1.54, 1.807) is 0 Å². The van der Waals surface area contributed by atoms with Crippen LogP contribution >= 0.6 is 11.8 Å². The third-order valence-corrected chi connectivity index (χ3v) is 6.61. The number of nitrogens with one attached hydrogen (secondary N) is 1. The van der Waals surface area contributed by atoms with Gasteiger partial charge in [0.1, 0.15) is 0 Å². The van der Waals surface area contributed by atoms with Crippen LogP contribution in [0.1, 0.15) is 59.8 Å². The van der Waals surface area contributed by atoms with Crippen LogP contribution in [0.15, 0.2) is 0 Å². The first kappa shape index (κ1) is 16.6. The molecule has 0 aromatic heterocycles. The maximum atomic E-state index is 3.95. The first-order valence-corrected chi connectivity index (χ1v) is 9.64. The van der Waals surface area contributed by atoms with Gasteiger partial charge < -0.3 is 5.32 Å². The van der Waals surface area contributed by atoms with Crippen LogP contribution in [-0.4, -0.2) is 47.1 Å². The number of thioether (sulfide) groups is 1. The Balaban J connectivity index is 2.09. The highest BCUT2D eigenvalue weighted by Crippen LogP contribution is 2.34. The molecule has 0 aromatic rings. The second-order valence-corrected chi connectivity index (χ2v) is 9.42. The molecule has 1 N–H and O–H groups in total. The minimum Gasteiger partial charge on any atom is -0.308 e. The smallest absolute Gasteiger partial charge is 0.0309 e. The molecule has 1 saturated heterocycles. The zero-order valence-corrected chi connectivity index (χ0v) is 15.0. The van der Waals surface area contributed by atoms with Crippen LogP contribution in [0.4, 0.5) is 0 Å². The summed E-state index contributed by atoms with van der Waals surface area (Å²) in [4.78, 5) is 2.81. The predicted molar refractivity (Wildman–Crippen MR) is 91.6 cm³/mol. The van der Waals surface area contributed by atoms with Crippen molar-refractivity contribution in [3.05, 3.63) is 0 Å². The number of piperazine rings is 1. The summed E-state index contributed by atoms with van der Waals surface area (Å²) in [7, 11) is 0. The highest BCUT2D eigenvalue weighted by Gasteiger charge is 2.41. The zero-order chi connectivity index (χ0) is 14.8. The SMILES string of the molecule is CSC(C)(C)CN1CC2(CCCCC2)NCC1C(C)C. The number of rotatable bonds is 4. The normalized spacial score (nSPS) is 28.2. The Morgan fingerprint density at radius 3 is 2.45 bits per heavy atom. The van der Waals surface area contributed by atoms with Crippen molar-refractivity contribution in [3.63, 3.8) is 0 Å². The zero-order valence-electron chi connectivity index (χ0n) is 14.2. The Morgan fingerprint density at radius 2 is 1.90 bits per heavy atom. The van der Waals surface area contributed by atoms with Gasteiger partial charge in [0.25, 0.3) is 0 Å². The molecule has 0 bridgehead atoms. The van der Waals surface area contributed by atoms with E-state index >= 15 is 0 Å². The average Bonchev–Trinajstić information content (AvgIpc) is 2.39. The van der Waals surface area contributed by atoms with Gasteiger partial charge in [0.15, 0.2) is 0 Å². The Hall–Kier alpha value is 0.270. The van der Waals surface area contributed by atoms with E-state index in [2.05, 4.69) is 44.2 Å². The molecule has 1 aliphatic carbocycles. The summed E-state index contributed by atoms with van der Waals surface area (Å²) in [6, 6.07) is 0.703. The fraction of sp³-hybridized carbons (Fsp3) is 1.00. The first-order valence-electron chi connectivity index (χ1n) is 8.42. The molecule has 0 aromatic carbocycles. The minimum atomic E-state index is 0.361. The molecule has 1 unspecified atom stereocenters. The molecule has 1 aliphatic heterocycles. The summed E-state index contributed by atoms with van der Waals surface area (Å²) >= 11 is 2.01. The molecule has 118 valence electrons. The van der Waals surface area contributed by atoms with E-state index in [-0.39, 0.29) is 0 Å². The van der Waals surface area contributed by atoms with Gasteiger partial charge in [0, 0.05) is 36.0 Å². The number of hydrogen-bond donors (Lipinski definition) is 1. The van der Waals surface area contributed by atoms with Gasteiger partial charge in [-0.3, -0.25) is 4.90 Å². The number of nitrogens with zero attached hydrogens (tertiary/aromatic N) is 1. The highest BCUT2D eigenvalue weighted by molar-refractivity contribution is 7.99. The molecule has 2 fully saturated rings. The van der Waals surface area contributed by atoms with Crippen LogP contribution in [0.5, 0.6) is 0 Å². The van der Waals surface area contributed by atoms with Crippen LogP contribution in [0, 0.1) is 5.92 Å². The molecule has 1 saturated carbocycles. The van der Waals surface area contributed by atoms with Crippen molar-refractivity contribution in [2.45, 2.75) is 76.1 Å². The quantitative estimate of drug-likeness (QED) is 0.851. The van der Waals surface area contributed by atoms with E-state index in [0.29, 0.717) is 16.3 Å². The van der Waals surface area contributed by atoms with Crippen molar-refractivity contribution < 1.29 is 0 Å². The van der Waals surface area contributed by atoms with Crippen LogP contribution in [0.25, 0.3) is 0 Å². The fourth-order valence-corrected chi connectivity index (χ4v) is 4.25. The van der Waals surface area contributed by atoms with E-state index in [9.17, 15) is 0 Å². The third kappa shape index (κ3) is 3.92. The van der Waals surface area contributed by atoms with Crippen LogP contribution in [0.3, 0.4) is 0 Å². The predicted octanol–water partition coefficient (Wildman–Crippen LogP) is 3.76. The minimum absolute atomic E-state index is 0.361. The summed E-state index contributed by atoms with van der Waals surface area (Å²) in [5.74, 6) is 0.737. The summed E-state index contributed by atoms with van der Waals surface area (Å²) in [6.45, 7) is 13.2. The molecular weight excluding hydrogens is 264 g/mol. The lowest BCUT2D eigenvalue weighted by molar-refractivity contribution is 0.0322. The molecular formula is C17H34N2S. The Morgan fingerprint density at radius 1 is 1.25 bits per heavy atom. The van der Waals surface area contributed by atoms with Gasteiger partial charge in [-0.15, -0.1) is 0 Å². The molecule has 2 aliphatic rings. The lowest BCUT2D eigenvalue weighted by Gasteiger charge is -2.52. The van der Waals surface area contributed by atoms with Gasteiger partial charge in [-0.25, -0.2) is 0 Å². The van der Waals surface area contributed by atoms with E-state index in [1.807, 2.05) is 11.8 Å². The van der Waals surface area contributed by atoms with E-state index in [4.69, 9.17) is 0 Å². The van der Waals surface area contributed by atoms with Crippen LogP contribution in [-0.2, 0) is 0 Å². The summed E-state index contributed by atoms with van der Waals surface area (Å²) < 4.78 is 0.361. The van der Waals surface area contributed by atoms with E-state index < -0.39 is 0 Å². The fourth-order valence-electron chi connectivity index (χ4n) is 3.96. The largest absolute Gasteiger partial charge is 0.308 e. The molecule has 0 amide bonds. The summed E-state index contributed by atoms with van der Waals surface area (Å²) in [6.07, 6.45) is 9.29. The summed E-state index contributed by atoms with van der Waals surface area (Å²) in [5.41, 5.74) is 0.429. The molecule has 1 heterocycles. The van der Waals surface area contributed by atoms with Gasteiger partial charge in [-0.2, -0.15) is 11.8 Å². The van der Waals surface area contributed by atoms with Crippen LogP contribution in [0.2, 0.25) is 0 Å². The Labute approximate surface area is 130 Å². The third-order valence-electron chi connectivity index (χ3n) is 5.38. The van der Waals surface area contributed by atoms with Crippen molar-refractivity contribution >= 4 is 11.8 Å². The molecule has 2 nitrogen and oxygen atoms in total. The first-order chi connectivity index (χ1) is 9.37. The molecule has 1 atom stereocenters. The molecule has 0 radical (unpaired) electrons. The topological polar surface area (TPSA) is 15.3 Å². The number of hydrogen-bond acceptors (Lipinski definition) is 3. The van der Waals surface area contributed by atoms with Crippen molar-refractivity contribution in [1.29, 1.82) is 0 Å². The van der Waals surface area contributed by atoms with Crippen molar-refractivity contribution in [2.75, 3.05) is 25.9 Å². The maximum Gasteiger partial charge on any atom is 0.0309 e. The van der Waals surface area contributed by atoms with Crippen molar-refractivity contribution in [3.8, 4) is 0 Å². The van der Waals surface area contributed by atoms with E-state index in [0.717, 1.165) is 5.92 Å². The highest BCUT2D eigenvalue weighted by atomic mass is 32.2. The maximum absolute atomic E-state index is 3.95. The van der Waals surface area contributed by atoms with E-state index in [1.165, 1.54) is 51.7 Å². The Kier molecular flexibility index (Phi) is 5.47. The molecule has 2 rings (SSSR count). The standard InChI is InChI=1S/C17H34N2S/c1-14(2)15-11-18-17(9-7-6-8-10-17)13-19(15)12-16(3,4)20-5/h14-15,18H,6-13H2,1-5H3.